The van der Waals surface area contributed by atoms with Gasteiger partial charge in [-0.05, 0) is 53.6 Å². The normalized spacial score (nSPS) is 16.1. The number of rotatable bonds is 4. The lowest BCUT2D eigenvalue weighted by Gasteiger charge is -2.30. The van der Waals surface area contributed by atoms with Crippen molar-refractivity contribution in [2.24, 2.45) is 0 Å². The van der Waals surface area contributed by atoms with E-state index in [-0.39, 0.29) is 12.0 Å². The molecule has 0 radical (unpaired) electrons. The van der Waals surface area contributed by atoms with E-state index in [0.29, 0.717) is 11.1 Å². The van der Waals surface area contributed by atoms with Gasteiger partial charge in [-0.15, -0.1) is 0 Å². The molecule has 48 heavy (non-hydrogen) atoms. The van der Waals surface area contributed by atoms with Gasteiger partial charge in [0.15, 0.2) is 0 Å². The number of hydrogen-bond donors (Lipinski definition) is 0. The number of nitrogens with zero attached hydrogens (tertiary/aromatic N) is 4. The SMILES string of the molecule is N#Cc1cc(-c2cccc(-c3ccccc3N3c4ccccc4C4C=CC=CC43)c2C#N)cc(-n2c3ccccc3c3ccccc32)c1. The minimum Gasteiger partial charge on any atom is -0.333 e. The summed E-state index contributed by atoms with van der Waals surface area (Å²) in [5.74, 6) is 0.258. The van der Waals surface area contributed by atoms with Crippen LogP contribution in [0.25, 0.3) is 49.7 Å². The number of anilines is 2. The summed E-state index contributed by atoms with van der Waals surface area (Å²) in [6.45, 7) is 0. The van der Waals surface area contributed by atoms with Gasteiger partial charge < -0.3 is 9.47 Å². The highest BCUT2D eigenvalue weighted by molar-refractivity contribution is 6.09. The Bertz CT molecular complexity index is 2520. The third kappa shape index (κ3) is 4.14. The van der Waals surface area contributed by atoms with E-state index < -0.39 is 0 Å². The van der Waals surface area contributed by atoms with Gasteiger partial charge in [0.1, 0.15) is 6.07 Å². The maximum atomic E-state index is 10.8. The van der Waals surface area contributed by atoms with Gasteiger partial charge in [0, 0.05) is 50.4 Å². The molecule has 0 N–H and O–H groups in total. The first kappa shape index (κ1) is 27.7. The lowest BCUT2D eigenvalue weighted by Crippen LogP contribution is -2.28. The first-order valence-electron chi connectivity index (χ1n) is 16.1. The van der Waals surface area contributed by atoms with E-state index in [2.05, 4.69) is 131 Å². The number of para-hydroxylation sites is 4. The average Bonchev–Trinajstić information content (AvgIpc) is 3.67. The number of aromatic nitrogens is 1. The molecule has 0 saturated carbocycles. The summed E-state index contributed by atoms with van der Waals surface area (Å²) < 4.78 is 2.22. The lowest BCUT2D eigenvalue weighted by atomic mass is 9.90. The van der Waals surface area contributed by atoms with Crippen molar-refractivity contribution in [2.45, 2.75) is 12.0 Å². The number of benzene rings is 6. The van der Waals surface area contributed by atoms with Gasteiger partial charge in [-0.25, -0.2) is 0 Å². The van der Waals surface area contributed by atoms with Gasteiger partial charge >= 0.3 is 0 Å². The molecule has 0 fully saturated rings. The van der Waals surface area contributed by atoms with Crippen molar-refractivity contribution in [3.63, 3.8) is 0 Å². The smallest absolute Gasteiger partial charge is 0.100 e. The van der Waals surface area contributed by atoms with Crippen LogP contribution < -0.4 is 4.90 Å². The summed E-state index contributed by atoms with van der Waals surface area (Å²) in [5.41, 5.74) is 11.2. The van der Waals surface area contributed by atoms with Crippen LogP contribution >= 0.6 is 0 Å². The second-order valence-electron chi connectivity index (χ2n) is 12.3. The minimum atomic E-state index is 0.142. The van der Waals surface area contributed by atoms with Crippen LogP contribution in [0.3, 0.4) is 0 Å². The average molecular weight is 613 g/mol. The fourth-order valence-corrected chi connectivity index (χ4v) is 7.78. The van der Waals surface area contributed by atoms with Crippen LogP contribution in [0.2, 0.25) is 0 Å². The monoisotopic (exact) mass is 612 g/mol. The highest BCUT2D eigenvalue weighted by Crippen LogP contribution is 2.50. The van der Waals surface area contributed by atoms with Crippen molar-refractivity contribution in [1.29, 1.82) is 10.5 Å². The Morgan fingerprint density at radius 1 is 0.542 bits per heavy atom. The molecule has 2 unspecified atom stereocenters. The summed E-state index contributed by atoms with van der Waals surface area (Å²) in [6, 6.07) is 50.8. The first-order chi connectivity index (χ1) is 23.7. The molecule has 2 atom stereocenters. The molecule has 0 spiro atoms. The Morgan fingerprint density at radius 2 is 1.19 bits per heavy atom. The van der Waals surface area contributed by atoms with Crippen molar-refractivity contribution in [3.8, 4) is 40.1 Å². The van der Waals surface area contributed by atoms with Crippen LogP contribution in [0.4, 0.5) is 11.4 Å². The fraction of sp³-hybridized carbons (Fsp3) is 0.0455. The van der Waals surface area contributed by atoms with Gasteiger partial charge in [-0.3, -0.25) is 0 Å². The van der Waals surface area contributed by atoms with Gasteiger partial charge in [0.05, 0.1) is 34.3 Å². The van der Waals surface area contributed by atoms with E-state index in [1.807, 2.05) is 48.5 Å². The molecule has 9 rings (SSSR count). The third-order valence-corrected chi connectivity index (χ3v) is 9.79. The summed E-state index contributed by atoms with van der Waals surface area (Å²) in [5, 5.41) is 23.4. The van der Waals surface area contributed by atoms with Crippen molar-refractivity contribution in [3.05, 3.63) is 174 Å². The summed E-state index contributed by atoms with van der Waals surface area (Å²) >= 11 is 0. The standard InChI is InChI=1S/C44H28N4/c45-27-29-24-30(26-31(25-29)47-40-19-6-2-13-35(40)36-14-3-7-20-41(36)47)32-17-11-18-33(39(32)28-46)34-12-1-8-21-42(34)48-43-22-9-4-15-37(43)38-16-5-10-23-44(38)48/h1-26,37,43H. The largest absolute Gasteiger partial charge is 0.333 e. The molecule has 0 saturated heterocycles. The predicted molar refractivity (Wildman–Crippen MR) is 194 cm³/mol. The van der Waals surface area contributed by atoms with Crippen LogP contribution in [-0.4, -0.2) is 10.6 Å². The van der Waals surface area contributed by atoms with Crippen molar-refractivity contribution in [2.75, 3.05) is 4.90 Å². The Labute approximate surface area is 279 Å². The molecular formula is C44H28N4. The van der Waals surface area contributed by atoms with E-state index in [1.54, 1.807) is 0 Å². The van der Waals surface area contributed by atoms with Crippen LogP contribution in [0.15, 0.2) is 158 Å². The second-order valence-corrected chi connectivity index (χ2v) is 12.3. The number of fused-ring (bicyclic) bond motifs is 6. The van der Waals surface area contributed by atoms with Gasteiger partial charge in [-0.1, -0.05) is 115 Å². The molecule has 224 valence electrons. The fourth-order valence-electron chi connectivity index (χ4n) is 7.78. The molecule has 1 aliphatic carbocycles. The van der Waals surface area contributed by atoms with Crippen LogP contribution in [0.5, 0.6) is 0 Å². The van der Waals surface area contributed by atoms with Crippen LogP contribution in [-0.2, 0) is 0 Å². The Balaban J connectivity index is 1.23. The quantitative estimate of drug-likeness (QED) is 0.199. The zero-order chi connectivity index (χ0) is 32.2. The van der Waals surface area contributed by atoms with Crippen molar-refractivity contribution < 1.29 is 0 Å². The van der Waals surface area contributed by atoms with Gasteiger partial charge in [-0.2, -0.15) is 10.5 Å². The summed E-state index contributed by atoms with van der Waals surface area (Å²) in [4.78, 5) is 2.42. The molecule has 1 aromatic heterocycles. The molecule has 2 heterocycles. The van der Waals surface area contributed by atoms with E-state index in [4.69, 9.17) is 0 Å². The molecular weight excluding hydrogens is 585 g/mol. The molecule has 0 amide bonds. The summed E-state index contributed by atoms with van der Waals surface area (Å²) in [6.07, 6.45) is 8.81. The highest BCUT2D eigenvalue weighted by Gasteiger charge is 2.38. The Hall–Kier alpha value is -6.62. The van der Waals surface area contributed by atoms with E-state index >= 15 is 0 Å². The maximum Gasteiger partial charge on any atom is 0.100 e. The molecule has 4 nitrogen and oxygen atoms in total. The number of nitriles is 2. The van der Waals surface area contributed by atoms with E-state index in [0.717, 1.165) is 55.4 Å². The molecule has 1 aliphatic heterocycles. The van der Waals surface area contributed by atoms with Gasteiger partial charge in [0.2, 0.25) is 0 Å². The minimum absolute atomic E-state index is 0.142. The van der Waals surface area contributed by atoms with Crippen LogP contribution in [0, 0.1) is 22.7 Å². The highest BCUT2D eigenvalue weighted by atomic mass is 15.2. The van der Waals surface area contributed by atoms with Gasteiger partial charge in [0.25, 0.3) is 0 Å². The van der Waals surface area contributed by atoms with E-state index in [9.17, 15) is 10.5 Å². The van der Waals surface area contributed by atoms with Crippen molar-refractivity contribution >= 4 is 33.2 Å². The Morgan fingerprint density at radius 3 is 1.96 bits per heavy atom. The van der Waals surface area contributed by atoms with Crippen LogP contribution in [0.1, 0.15) is 22.6 Å². The molecule has 4 heteroatoms. The third-order valence-electron chi connectivity index (χ3n) is 9.79. The van der Waals surface area contributed by atoms with Crippen molar-refractivity contribution in [1.82, 2.24) is 4.57 Å². The molecule has 2 aliphatic rings. The molecule has 0 bridgehead atoms. The lowest BCUT2D eigenvalue weighted by molar-refractivity contribution is 0.745. The zero-order valence-corrected chi connectivity index (χ0v) is 26.0. The maximum absolute atomic E-state index is 10.8. The predicted octanol–water partition coefficient (Wildman–Crippen LogP) is 10.6. The summed E-state index contributed by atoms with van der Waals surface area (Å²) in [7, 11) is 0. The number of hydrogen-bond acceptors (Lipinski definition) is 3. The first-order valence-corrected chi connectivity index (χ1v) is 16.1. The number of allylic oxidation sites excluding steroid dienone is 2. The molecule has 7 aromatic rings. The van der Waals surface area contributed by atoms with E-state index in [1.165, 1.54) is 11.3 Å². The second kappa shape index (κ2) is 11.0. The zero-order valence-electron chi connectivity index (χ0n) is 26.0. The molecule has 6 aromatic carbocycles. The Kier molecular flexibility index (Phi) is 6.35. The topological polar surface area (TPSA) is 55.8 Å².